The van der Waals surface area contributed by atoms with E-state index in [2.05, 4.69) is 9.71 Å². The summed E-state index contributed by atoms with van der Waals surface area (Å²) >= 11 is 0. The highest BCUT2D eigenvalue weighted by atomic mass is 32.2. The molecule has 2 rings (SSSR count). The Bertz CT molecular complexity index is 936. The lowest BCUT2D eigenvalue weighted by Crippen LogP contribution is -2.15. The molecule has 0 spiro atoms. The van der Waals surface area contributed by atoms with Gasteiger partial charge in [0.25, 0.3) is 10.0 Å². The standard InChI is InChI=1S/C17H18N2O6S/c1-11-4-6-15(18-10-11)19-26(22,23)14-9-12(5-7-16(20)21)8-13(24-2)17(14)25-3/h4-10H,1-3H3,(H,18,19)(H,20,21)/b7-5+. The van der Waals surface area contributed by atoms with Crippen molar-refractivity contribution in [2.75, 3.05) is 18.9 Å². The van der Waals surface area contributed by atoms with Crippen LogP contribution in [0.1, 0.15) is 11.1 Å². The van der Waals surface area contributed by atoms with E-state index < -0.39 is 16.0 Å². The summed E-state index contributed by atoms with van der Waals surface area (Å²) in [5, 5.41) is 8.77. The van der Waals surface area contributed by atoms with Gasteiger partial charge in [-0.2, -0.15) is 0 Å². The monoisotopic (exact) mass is 378 g/mol. The third kappa shape index (κ3) is 4.51. The summed E-state index contributed by atoms with van der Waals surface area (Å²) in [6.45, 7) is 1.83. The zero-order valence-electron chi connectivity index (χ0n) is 14.4. The largest absolute Gasteiger partial charge is 0.493 e. The number of sulfonamides is 1. The minimum Gasteiger partial charge on any atom is -0.493 e. The number of benzene rings is 1. The molecule has 0 aliphatic carbocycles. The normalized spacial score (nSPS) is 11.3. The van der Waals surface area contributed by atoms with Crippen LogP contribution in [0.15, 0.2) is 41.4 Å². The van der Waals surface area contributed by atoms with Crippen molar-refractivity contribution in [2.24, 2.45) is 0 Å². The zero-order chi connectivity index (χ0) is 19.3. The van der Waals surface area contributed by atoms with Crippen molar-refractivity contribution in [1.82, 2.24) is 4.98 Å². The zero-order valence-corrected chi connectivity index (χ0v) is 15.2. The molecular formula is C17H18N2O6S. The molecule has 0 aliphatic heterocycles. The fourth-order valence-electron chi connectivity index (χ4n) is 2.13. The summed E-state index contributed by atoms with van der Waals surface area (Å²) in [6, 6.07) is 6.01. The van der Waals surface area contributed by atoms with E-state index in [9.17, 15) is 13.2 Å². The van der Waals surface area contributed by atoms with Crippen LogP contribution in [-0.2, 0) is 14.8 Å². The second kappa shape index (κ2) is 7.87. The number of aryl methyl sites for hydroxylation is 1. The summed E-state index contributed by atoms with van der Waals surface area (Å²) in [4.78, 5) is 14.5. The fourth-order valence-corrected chi connectivity index (χ4v) is 3.36. The van der Waals surface area contributed by atoms with Crippen LogP contribution in [0.5, 0.6) is 11.5 Å². The van der Waals surface area contributed by atoms with E-state index in [0.717, 1.165) is 11.6 Å². The fraction of sp³-hybridized carbons (Fsp3) is 0.176. The molecule has 8 nitrogen and oxygen atoms in total. The molecule has 138 valence electrons. The third-order valence-corrected chi connectivity index (χ3v) is 4.69. The number of nitrogens with zero attached hydrogens (tertiary/aromatic N) is 1. The highest BCUT2D eigenvalue weighted by molar-refractivity contribution is 7.92. The molecule has 2 N–H and O–H groups in total. The lowest BCUT2D eigenvalue weighted by atomic mass is 10.2. The number of ether oxygens (including phenoxy) is 2. The minimum atomic E-state index is -4.06. The van der Waals surface area contributed by atoms with Gasteiger partial charge in [-0.1, -0.05) is 6.07 Å². The SMILES string of the molecule is COc1cc(/C=C/C(=O)O)cc(S(=O)(=O)Nc2ccc(C)cn2)c1OC. The van der Waals surface area contributed by atoms with Crippen LogP contribution in [0.25, 0.3) is 6.08 Å². The first-order valence-corrected chi connectivity index (χ1v) is 8.87. The maximum atomic E-state index is 12.8. The number of hydrogen-bond acceptors (Lipinski definition) is 6. The Labute approximate surface area is 151 Å². The van der Waals surface area contributed by atoms with Gasteiger partial charge in [0.05, 0.1) is 14.2 Å². The molecule has 1 aromatic carbocycles. The second-order valence-electron chi connectivity index (χ2n) is 5.25. The maximum absolute atomic E-state index is 12.8. The predicted octanol–water partition coefficient (Wildman–Crippen LogP) is 2.31. The van der Waals surface area contributed by atoms with E-state index in [1.807, 2.05) is 6.92 Å². The smallest absolute Gasteiger partial charge is 0.328 e. The molecule has 2 aromatic rings. The van der Waals surface area contributed by atoms with Crippen molar-refractivity contribution in [3.63, 3.8) is 0 Å². The maximum Gasteiger partial charge on any atom is 0.328 e. The summed E-state index contributed by atoms with van der Waals surface area (Å²) < 4.78 is 38.3. The van der Waals surface area contributed by atoms with Crippen molar-refractivity contribution in [1.29, 1.82) is 0 Å². The van der Waals surface area contributed by atoms with Crippen molar-refractivity contribution < 1.29 is 27.8 Å². The Morgan fingerprint density at radius 2 is 1.96 bits per heavy atom. The molecule has 0 radical (unpaired) electrons. The number of aromatic nitrogens is 1. The van der Waals surface area contributed by atoms with Gasteiger partial charge in [0.15, 0.2) is 11.5 Å². The summed E-state index contributed by atoms with van der Waals surface area (Å²) in [5.41, 5.74) is 1.20. The number of hydrogen-bond donors (Lipinski definition) is 2. The molecule has 9 heteroatoms. The number of aliphatic carboxylic acids is 1. The number of pyridine rings is 1. The van der Waals surface area contributed by atoms with Gasteiger partial charge in [-0.05, 0) is 42.3 Å². The van der Waals surface area contributed by atoms with Gasteiger partial charge in [-0.15, -0.1) is 0 Å². The summed E-state index contributed by atoms with van der Waals surface area (Å²) in [6.07, 6.45) is 3.68. The number of methoxy groups -OCH3 is 2. The molecule has 0 aliphatic rings. The van der Waals surface area contributed by atoms with Gasteiger partial charge in [0.2, 0.25) is 0 Å². The van der Waals surface area contributed by atoms with E-state index >= 15 is 0 Å². The molecule has 0 saturated heterocycles. The molecule has 0 amide bonds. The lowest BCUT2D eigenvalue weighted by molar-refractivity contribution is -0.131. The van der Waals surface area contributed by atoms with E-state index in [4.69, 9.17) is 14.6 Å². The lowest BCUT2D eigenvalue weighted by Gasteiger charge is -2.15. The number of rotatable bonds is 7. The van der Waals surface area contributed by atoms with Crippen LogP contribution >= 0.6 is 0 Å². The Morgan fingerprint density at radius 1 is 1.23 bits per heavy atom. The molecule has 0 fully saturated rings. The Balaban J connectivity index is 2.55. The van der Waals surface area contributed by atoms with E-state index in [1.165, 1.54) is 44.7 Å². The van der Waals surface area contributed by atoms with Crippen molar-refractivity contribution in [3.05, 3.63) is 47.7 Å². The first-order valence-electron chi connectivity index (χ1n) is 7.39. The van der Waals surface area contributed by atoms with Gasteiger partial charge < -0.3 is 14.6 Å². The average Bonchev–Trinajstić information content (AvgIpc) is 2.60. The van der Waals surface area contributed by atoms with Crippen LogP contribution < -0.4 is 14.2 Å². The second-order valence-corrected chi connectivity index (χ2v) is 6.90. The molecular weight excluding hydrogens is 360 g/mol. The summed E-state index contributed by atoms with van der Waals surface area (Å²) in [5.74, 6) is -0.869. The van der Waals surface area contributed by atoms with Crippen LogP contribution in [-0.4, -0.2) is 38.7 Å². The number of carboxylic acids is 1. The summed E-state index contributed by atoms with van der Waals surface area (Å²) in [7, 11) is -1.39. The van der Waals surface area contributed by atoms with E-state index in [-0.39, 0.29) is 22.2 Å². The molecule has 1 heterocycles. The molecule has 0 saturated carbocycles. The quantitative estimate of drug-likeness (QED) is 0.710. The molecule has 0 unspecified atom stereocenters. The Morgan fingerprint density at radius 3 is 2.50 bits per heavy atom. The minimum absolute atomic E-state index is 0.000383. The topological polar surface area (TPSA) is 115 Å². The van der Waals surface area contributed by atoms with Gasteiger partial charge in [0, 0.05) is 12.3 Å². The number of carbonyl (C=O) groups is 1. The van der Waals surface area contributed by atoms with Crippen LogP contribution in [0.3, 0.4) is 0 Å². The number of carboxylic acid groups (broad SMARTS) is 1. The first kappa shape index (κ1) is 19.3. The number of anilines is 1. The van der Waals surface area contributed by atoms with Gasteiger partial charge in [-0.3, -0.25) is 4.72 Å². The van der Waals surface area contributed by atoms with Crippen molar-refractivity contribution >= 4 is 27.9 Å². The molecule has 26 heavy (non-hydrogen) atoms. The van der Waals surface area contributed by atoms with Crippen LogP contribution in [0, 0.1) is 6.92 Å². The predicted molar refractivity (Wildman–Crippen MR) is 96.0 cm³/mol. The molecule has 0 bridgehead atoms. The number of nitrogens with one attached hydrogen (secondary N) is 1. The van der Waals surface area contributed by atoms with E-state index in [0.29, 0.717) is 5.56 Å². The highest BCUT2D eigenvalue weighted by Gasteiger charge is 2.24. The van der Waals surface area contributed by atoms with Gasteiger partial charge >= 0.3 is 5.97 Å². The molecule has 0 atom stereocenters. The van der Waals surface area contributed by atoms with Crippen molar-refractivity contribution in [2.45, 2.75) is 11.8 Å². The van der Waals surface area contributed by atoms with Crippen molar-refractivity contribution in [3.8, 4) is 11.5 Å². The van der Waals surface area contributed by atoms with Gasteiger partial charge in [0.1, 0.15) is 10.7 Å². The Hall–Kier alpha value is -3.07. The van der Waals surface area contributed by atoms with Gasteiger partial charge in [-0.25, -0.2) is 18.2 Å². The van der Waals surface area contributed by atoms with E-state index in [1.54, 1.807) is 6.07 Å². The van der Waals surface area contributed by atoms with Crippen LogP contribution in [0.2, 0.25) is 0 Å². The molecule has 1 aromatic heterocycles. The Kier molecular flexibility index (Phi) is 5.83. The third-order valence-electron chi connectivity index (χ3n) is 3.33. The highest BCUT2D eigenvalue weighted by Crippen LogP contribution is 2.36. The average molecular weight is 378 g/mol. The van der Waals surface area contributed by atoms with Crippen LogP contribution in [0.4, 0.5) is 5.82 Å². The first-order chi connectivity index (χ1) is 12.3.